The minimum atomic E-state index is -0.0368. The van der Waals surface area contributed by atoms with E-state index in [0.717, 1.165) is 30.6 Å². The van der Waals surface area contributed by atoms with E-state index in [0.29, 0.717) is 18.2 Å². The highest BCUT2D eigenvalue weighted by Crippen LogP contribution is 2.33. The fraction of sp³-hybridized carbons (Fsp3) is 0.529. The Bertz CT molecular complexity index is 596. The molecular formula is C17H22IN3O2S. The molecule has 2 fully saturated rings. The molecule has 7 heteroatoms. The van der Waals surface area contributed by atoms with Crippen LogP contribution in [0.25, 0.3) is 0 Å². The molecule has 2 aliphatic heterocycles. The molecule has 2 heterocycles. The number of carbonyl (C=O) groups is 2. The van der Waals surface area contributed by atoms with Crippen molar-refractivity contribution in [3.63, 3.8) is 0 Å². The quantitative estimate of drug-likeness (QED) is 0.334. The van der Waals surface area contributed by atoms with Crippen LogP contribution in [-0.2, 0) is 11.3 Å². The lowest BCUT2D eigenvalue weighted by atomic mass is 10.0. The van der Waals surface area contributed by atoms with Gasteiger partial charge in [0.25, 0.3) is 0 Å². The maximum absolute atomic E-state index is 11.9. The number of hydrogen-bond donors (Lipinski definition) is 3. The number of halogens is 1. The topological polar surface area (TPSA) is 70.2 Å². The van der Waals surface area contributed by atoms with E-state index in [4.69, 9.17) is 0 Å². The van der Waals surface area contributed by atoms with Crippen molar-refractivity contribution in [1.29, 1.82) is 0 Å². The SMILES string of the molecule is O=C(CCCC[C@@H]1SC[C@@H]2NC(=O)N[C@@H]21)NCc1ccc(I)cc1. The zero-order valence-corrected chi connectivity index (χ0v) is 16.4. The zero-order valence-electron chi connectivity index (χ0n) is 13.4. The molecule has 3 N–H and O–H groups in total. The molecule has 1 aromatic carbocycles. The van der Waals surface area contributed by atoms with Crippen LogP contribution in [0.3, 0.4) is 0 Å². The molecule has 3 amide bonds. The summed E-state index contributed by atoms with van der Waals surface area (Å²) in [7, 11) is 0. The second kappa shape index (κ2) is 8.42. The molecule has 130 valence electrons. The van der Waals surface area contributed by atoms with E-state index >= 15 is 0 Å². The van der Waals surface area contributed by atoms with Crippen molar-refractivity contribution in [2.45, 2.75) is 49.6 Å². The van der Waals surface area contributed by atoms with Gasteiger partial charge in [0.15, 0.2) is 0 Å². The predicted octanol–water partition coefficient (Wildman–Crippen LogP) is 2.63. The Labute approximate surface area is 160 Å². The van der Waals surface area contributed by atoms with Gasteiger partial charge < -0.3 is 16.0 Å². The third kappa shape index (κ3) is 4.78. The van der Waals surface area contributed by atoms with Crippen LogP contribution >= 0.6 is 34.4 Å². The molecule has 1 aromatic rings. The van der Waals surface area contributed by atoms with E-state index in [2.05, 4.69) is 38.5 Å². The summed E-state index contributed by atoms with van der Waals surface area (Å²) in [6.07, 6.45) is 3.54. The highest BCUT2D eigenvalue weighted by Gasteiger charge is 2.42. The summed E-state index contributed by atoms with van der Waals surface area (Å²) < 4.78 is 1.20. The molecule has 0 unspecified atom stereocenters. The maximum atomic E-state index is 11.9. The molecule has 0 bridgehead atoms. The Morgan fingerprint density at radius 1 is 1.25 bits per heavy atom. The molecule has 3 rings (SSSR count). The molecule has 0 aliphatic carbocycles. The van der Waals surface area contributed by atoms with Crippen LogP contribution in [0.5, 0.6) is 0 Å². The number of unbranched alkanes of at least 4 members (excludes halogenated alkanes) is 1. The van der Waals surface area contributed by atoms with E-state index in [1.165, 1.54) is 3.57 Å². The molecule has 0 saturated carbocycles. The van der Waals surface area contributed by atoms with Gasteiger partial charge in [0.2, 0.25) is 5.91 Å². The van der Waals surface area contributed by atoms with E-state index in [-0.39, 0.29) is 24.0 Å². The van der Waals surface area contributed by atoms with Gasteiger partial charge in [-0.15, -0.1) is 0 Å². The Kier molecular flexibility index (Phi) is 6.26. The smallest absolute Gasteiger partial charge is 0.315 e. The van der Waals surface area contributed by atoms with E-state index in [1.54, 1.807) is 0 Å². The van der Waals surface area contributed by atoms with Crippen LogP contribution < -0.4 is 16.0 Å². The number of benzene rings is 1. The number of amides is 3. The van der Waals surface area contributed by atoms with Gasteiger partial charge in [0.05, 0.1) is 12.1 Å². The molecule has 5 nitrogen and oxygen atoms in total. The molecule has 24 heavy (non-hydrogen) atoms. The van der Waals surface area contributed by atoms with Crippen molar-refractivity contribution >= 4 is 46.3 Å². The van der Waals surface area contributed by atoms with Gasteiger partial charge in [-0.3, -0.25) is 4.79 Å². The van der Waals surface area contributed by atoms with Gasteiger partial charge in [-0.25, -0.2) is 4.79 Å². The summed E-state index contributed by atoms with van der Waals surface area (Å²) in [5.74, 6) is 1.10. The van der Waals surface area contributed by atoms with Crippen LogP contribution in [0.2, 0.25) is 0 Å². The second-order valence-electron chi connectivity index (χ2n) is 6.27. The normalized spacial score (nSPS) is 25.0. The minimum Gasteiger partial charge on any atom is -0.352 e. The van der Waals surface area contributed by atoms with Crippen molar-refractivity contribution in [1.82, 2.24) is 16.0 Å². The first kappa shape index (κ1) is 17.8. The fourth-order valence-electron chi connectivity index (χ4n) is 3.17. The average molecular weight is 459 g/mol. The Hall–Kier alpha value is -0.960. The Morgan fingerprint density at radius 2 is 2.04 bits per heavy atom. The molecule has 2 saturated heterocycles. The highest BCUT2D eigenvalue weighted by atomic mass is 127. The summed E-state index contributed by atoms with van der Waals surface area (Å²) in [4.78, 5) is 23.3. The van der Waals surface area contributed by atoms with Gasteiger partial charge in [0.1, 0.15) is 0 Å². The first-order valence-electron chi connectivity index (χ1n) is 8.31. The summed E-state index contributed by atoms with van der Waals surface area (Å²) in [5, 5.41) is 9.41. The van der Waals surface area contributed by atoms with Gasteiger partial charge >= 0.3 is 6.03 Å². The number of nitrogens with one attached hydrogen (secondary N) is 3. The van der Waals surface area contributed by atoms with Crippen LogP contribution in [0.4, 0.5) is 4.79 Å². The summed E-state index contributed by atoms with van der Waals surface area (Å²) in [6.45, 7) is 0.593. The number of urea groups is 1. The number of rotatable bonds is 7. The highest BCUT2D eigenvalue weighted by molar-refractivity contribution is 14.1. The monoisotopic (exact) mass is 459 g/mol. The van der Waals surface area contributed by atoms with E-state index < -0.39 is 0 Å². The van der Waals surface area contributed by atoms with Crippen molar-refractivity contribution in [3.05, 3.63) is 33.4 Å². The van der Waals surface area contributed by atoms with Crippen LogP contribution in [0.15, 0.2) is 24.3 Å². The van der Waals surface area contributed by atoms with E-state index in [1.807, 2.05) is 36.0 Å². The molecule has 0 aromatic heterocycles. The average Bonchev–Trinajstić information content (AvgIpc) is 3.10. The maximum Gasteiger partial charge on any atom is 0.315 e. The van der Waals surface area contributed by atoms with Gasteiger partial charge in [-0.2, -0.15) is 11.8 Å². The number of carbonyl (C=O) groups excluding carboxylic acids is 2. The number of fused-ring (bicyclic) bond motifs is 1. The van der Waals surface area contributed by atoms with Gasteiger partial charge in [-0.05, 0) is 53.1 Å². The summed E-state index contributed by atoms with van der Waals surface area (Å²) in [5.41, 5.74) is 1.13. The fourth-order valence-corrected chi connectivity index (χ4v) is 5.07. The molecule has 0 spiro atoms. The van der Waals surface area contributed by atoms with Crippen LogP contribution in [0, 0.1) is 3.57 Å². The standard InChI is InChI=1S/C17H22IN3O2S/c18-12-7-5-11(6-8-12)9-19-15(22)4-2-1-3-14-16-13(10-24-14)20-17(23)21-16/h5-8,13-14,16H,1-4,9-10H2,(H,19,22)(H2,20,21,23)/t13-,14-,16-/m0/s1. The molecule has 3 atom stereocenters. The van der Waals surface area contributed by atoms with Gasteiger partial charge in [0, 0.05) is 27.5 Å². The Morgan fingerprint density at radius 3 is 2.83 bits per heavy atom. The zero-order chi connectivity index (χ0) is 16.9. The number of hydrogen-bond acceptors (Lipinski definition) is 3. The van der Waals surface area contributed by atoms with Gasteiger partial charge in [-0.1, -0.05) is 18.6 Å². The Balaban J connectivity index is 1.30. The first-order valence-corrected chi connectivity index (χ1v) is 10.4. The van der Waals surface area contributed by atoms with Crippen molar-refractivity contribution < 1.29 is 9.59 Å². The molecular weight excluding hydrogens is 437 g/mol. The van der Waals surface area contributed by atoms with Crippen molar-refractivity contribution in [2.24, 2.45) is 0 Å². The van der Waals surface area contributed by atoms with E-state index in [9.17, 15) is 9.59 Å². The predicted molar refractivity (Wildman–Crippen MR) is 105 cm³/mol. The lowest BCUT2D eigenvalue weighted by molar-refractivity contribution is -0.121. The van der Waals surface area contributed by atoms with Crippen molar-refractivity contribution in [2.75, 3.05) is 5.75 Å². The lowest BCUT2D eigenvalue weighted by Crippen LogP contribution is -2.36. The molecule has 2 aliphatic rings. The number of thioether (sulfide) groups is 1. The minimum absolute atomic E-state index is 0.0368. The largest absolute Gasteiger partial charge is 0.352 e. The van der Waals surface area contributed by atoms with Crippen LogP contribution in [0.1, 0.15) is 31.2 Å². The second-order valence-corrected chi connectivity index (χ2v) is 8.79. The summed E-state index contributed by atoms with van der Waals surface area (Å²) >= 11 is 4.20. The van der Waals surface area contributed by atoms with Crippen molar-refractivity contribution in [3.8, 4) is 0 Å². The lowest BCUT2D eigenvalue weighted by Gasteiger charge is -2.16. The third-order valence-electron chi connectivity index (χ3n) is 4.48. The third-order valence-corrected chi connectivity index (χ3v) is 6.71. The molecule has 0 radical (unpaired) electrons. The summed E-state index contributed by atoms with van der Waals surface area (Å²) in [6, 6.07) is 8.68. The van der Waals surface area contributed by atoms with Crippen LogP contribution in [-0.4, -0.2) is 35.0 Å². The first-order chi connectivity index (χ1) is 11.6.